The third-order valence-electron chi connectivity index (χ3n) is 5.15. The molecule has 2 fully saturated rings. The standard InChI is InChI=1S/C15H27N3O2/c1-9-7-11(5-6-13(9)16)15(20)18-8-12(14(17)19)4-3-10(18)2/h9-13H,3-8,16H2,1-2H3,(H2,17,19). The molecule has 1 heterocycles. The van der Waals surface area contributed by atoms with Gasteiger partial charge in [0.2, 0.25) is 11.8 Å². The molecule has 1 aliphatic carbocycles. The van der Waals surface area contributed by atoms with Crippen molar-refractivity contribution in [1.82, 2.24) is 4.90 Å². The largest absolute Gasteiger partial charge is 0.369 e. The zero-order valence-corrected chi connectivity index (χ0v) is 12.5. The van der Waals surface area contributed by atoms with E-state index >= 15 is 0 Å². The molecule has 2 aliphatic rings. The highest BCUT2D eigenvalue weighted by molar-refractivity contribution is 5.82. The van der Waals surface area contributed by atoms with Gasteiger partial charge >= 0.3 is 0 Å². The number of carbonyl (C=O) groups is 2. The van der Waals surface area contributed by atoms with E-state index in [1.165, 1.54) is 0 Å². The minimum atomic E-state index is -0.284. The lowest BCUT2D eigenvalue weighted by Gasteiger charge is -2.41. The maximum absolute atomic E-state index is 12.7. The van der Waals surface area contributed by atoms with Crippen LogP contribution in [0, 0.1) is 17.8 Å². The molecule has 1 aliphatic heterocycles. The molecule has 5 nitrogen and oxygen atoms in total. The predicted molar refractivity (Wildman–Crippen MR) is 77.6 cm³/mol. The van der Waals surface area contributed by atoms with Crippen molar-refractivity contribution in [2.24, 2.45) is 29.2 Å². The molecule has 0 bridgehead atoms. The molecular weight excluding hydrogens is 254 g/mol. The summed E-state index contributed by atoms with van der Waals surface area (Å²) in [5.74, 6) is 0.193. The van der Waals surface area contributed by atoms with Gasteiger partial charge in [-0.1, -0.05) is 6.92 Å². The molecule has 5 atom stereocenters. The van der Waals surface area contributed by atoms with Crippen molar-refractivity contribution in [3.05, 3.63) is 0 Å². The second kappa shape index (κ2) is 6.12. The van der Waals surface area contributed by atoms with Gasteiger partial charge in [0.1, 0.15) is 0 Å². The fourth-order valence-corrected chi connectivity index (χ4v) is 3.52. The highest BCUT2D eigenvalue weighted by Crippen LogP contribution is 2.32. The van der Waals surface area contributed by atoms with E-state index in [9.17, 15) is 9.59 Å². The van der Waals surface area contributed by atoms with Crippen LogP contribution in [0.15, 0.2) is 0 Å². The first kappa shape index (κ1) is 15.3. The normalized spacial score (nSPS) is 38.5. The van der Waals surface area contributed by atoms with Crippen LogP contribution >= 0.6 is 0 Å². The maximum atomic E-state index is 12.7. The fourth-order valence-electron chi connectivity index (χ4n) is 3.52. The Morgan fingerprint density at radius 1 is 1.05 bits per heavy atom. The molecule has 0 radical (unpaired) electrons. The molecule has 4 N–H and O–H groups in total. The van der Waals surface area contributed by atoms with Crippen LogP contribution in [0.4, 0.5) is 0 Å². The number of hydrogen-bond donors (Lipinski definition) is 2. The van der Waals surface area contributed by atoms with E-state index in [1.807, 2.05) is 4.90 Å². The lowest BCUT2D eigenvalue weighted by Crippen LogP contribution is -2.51. The van der Waals surface area contributed by atoms with Gasteiger partial charge in [-0.05, 0) is 44.9 Å². The van der Waals surface area contributed by atoms with Crippen LogP contribution in [0.3, 0.4) is 0 Å². The summed E-state index contributed by atoms with van der Waals surface area (Å²) in [6.07, 6.45) is 4.31. The van der Waals surface area contributed by atoms with Gasteiger partial charge in [-0.2, -0.15) is 0 Å². The van der Waals surface area contributed by atoms with E-state index in [1.54, 1.807) is 0 Å². The van der Waals surface area contributed by atoms with E-state index in [-0.39, 0.29) is 35.7 Å². The molecule has 0 aromatic heterocycles. The summed E-state index contributed by atoms with van der Waals surface area (Å²) in [6.45, 7) is 4.68. The van der Waals surface area contributed by atoms with Crippen LogP contribution < -0.4 is 11.5 Å². The predicted octanol–water partition coefficient (Wildman–Crippen LogP) is 0.862. The summed E-state index contributed by atoms with van der Waals surface area (Å²) in [6, 6.07) is 0.431. The van der Waals surface area contributed by atoms with Gasteiger partial charge in [-0.25, -0.2) is 0 Å². The van der Waals surface area contributed by atoms with E-state index in [2.05, 4.69) is 13.8 Å². The molecule has 114 valence electrons. The third-order valence-corrected chi connectivity index (χ3v) is 5.15. The van der Waals surface area contributed by atoms with Crippen LogP contribution in [0.2, 0.25) is 0 Å². The highest BCUT2D eigenvalue weighted by Gasteiger charge is 2.37. The second-order valence-corrected chi connectivity index (χ2v) is 6.67. The van der Waals surface area contributed by atoms with Crippen LogP contribution in [0.1, 0.15) is 46.0 Å². The minimum absolute atomic E-state index is 0.0684. The Bertz CT molecular complexity index is 385. The molecule has 20 heavy (non-hydrogen) atoms. The smallest absolute Gasteiger partial charge is 0.225 e. The molecule has 2 amide bonds. The maximum Gasteiger partial charge on any atom is 0.225 e. The number of likely N-dealkylation sites (tertiary alicyclic amines) is 1. The molecule has 5 heteroatoms. The number of carbonyl (C=O) groups excluding carboxylic acids is 2. The van der Waals surface area contributed by atoms with Gasteiger partial charge in [0.15, 0.2) is 0 Å². The Labute approximate surface area is 121 Å². The van der Waals surface area contributed by atoms with Gasteiger partial charge in [0.05, 0.1) is 5.92 Å². The van der Waals surface area contributed by atoms with Crippen LogP contribution in [-0.4, -0.2) is 35.3 Å². The highest BCUT2D eigenvalue weighted by atomic mass is 16.2. The van der Waals surface area contributed by atoms with E-state index in [4.69, 9.17) is 11.5 Å². The summed E-state index contributed by atoms with van der Waals surface area (Å²) >= 11 is 0. The number of primary amides is 1. The summed E-state index contributed by atoms with van der Waals surface area (Å²) in [5, 5.41) is 0. The molecule has 2 rings (SSSR count). The van der Waals surface area contributed by atoms with Crippen molar-refractivity contribution in [2.75, 3.05) is 6.54 Å². The SMILES string of the molecule is CC1CC(C(=O)N2CC(C(N)=O)CCC2C)CCC1N. The Kier molecular flexibility index (Phi) is 4.68. The fraction of sp³-hybridized carbons (Fsp3) is 0.867. The van der Waals surface area contributed by atoms with Gasteiger partial charge in [0, 0.05) is 24.5 Å². The van der Waals surface area contributed by atoms with Crippen molar-refractivity contribution in [2.45, 2.75) is 58.0 Å². The number of amides is 2. The summed E-state index contributed by atoms with van der Waals surface area (Å²) in [5.41, 5.74) is 11.4. The zero-order chi connectivity index (χ0) is 14.9. The number of hydrogen-bond acceptors (Lipinski definition) is 3. The van der Waals surface area contributed by atoms with Gasteiger partial charge < -0.3 is 16.4 Å². The third kappa shape index (κ3) is 3.14. The van der Waals surface area contributed by atoms with Crippen molar-refractivity contribution in [1.29, 1.82) is 0 Å². The summed E-state index contributed by atoms with van der Waals surface area (Å²) < 4.78 is 0. The van der Waals surface area contributed by atoms with Crippen molar-refractivity contribution < 1.29 is 9.59 Å². The average molecular weight is 281 g/mol. The van der Waals surface area contributed by atoms with E-state index in [0.717, 1.165) is 32.1 Å². The van der Waals surface area contributed by atoms with Gasteiger partial charge in [0.25, 0.3) is 0 Å². The number of nitrogens with two attached hydrogens (primary N) is 2. The zero-order valence-electron chi connectivity index (χ0n) is 12.5. The molecular formula is C15H27N3O2. The first-order valence-corrected chi connectivity index (χ1v) is 7.75. The van der Waals surface area contributed by atoms with Crippen LogP contribution in [-0.2, 0) is 9.59 Å². The molecule has 0 aromatic carbocycles. The van der Waals surface area contributed by atoms with E-state index in [0.29, 0.717) is 12.5 Å². The summed E-state index contributed by atoms with van der Waals surface area (Å²) in [7, 11) is 0. The van der Waals surface area contributed by atoms with Gasteiger partial charge in [-0.3, -0.25) is 9.59 Å². The Morgan fingerprint density at radius 2 is 1.70 bits per heavy atom. The molecule has 0 aromatic rings. The number of piperidine rings is 1. The summed E-state index contributed by atoms with van der Waals surface area (Å²) in [4.78, 5) is 26.0. The minimum Gasteiger partial charge on any atom is -0.369 e. The average Bonchev–Trinajstić information content (AvgIpc) is 2.41. The second-order valence-electron chi connectivity index (χ2n) is 6.67. The van der Waals surface area contributed by atoms with Crippen molar-refractivity contribution in [3.8, 4) is 0 Å². The lowest BCUT2D eigenvalue weighted by atomic mass is 9.78. The van der Waals surface area contributed by atoms with Crippen LogP contribution in [0.25, 0.3) is 0 Å². The number of nitrogens with zero attached hydrogens (tertiary/aromatic N) is 1. The molecule has 5 unspecified atom stereocenters. The quantitative estimate of drug-likeness (QED) is 0.786. The van der Waals surface area contributed by atoms with Crippen molar-refractivity contribution >= 4 is 11.8 Å². The number of rotatable bonds is 2. The van der Waals surface area contributed by atoms with E-state index < -0.39 is 0 Å². The molecule has 0 spiro atoms. The lowest BCUT2D eigenvalue weighted by molar-refractivity contribution is -0.143. The van der Waals surface area contributed by atoms with Crippen molar-refractivity contribution in [3.63, 3.8) is 0 Å². The molecule has 1 saturated heterocycles. The Hall–Kier alpha value is -1.10. The Morgan fingerprint density at radius 3 is 2.30 bits per heavy atom. The molecule has 1 saturated carbocycles. The van der Waals surface area contributed by atoms with Gasteiger partial charge in [-0.15, -0.1) is 0 Å². The first-order chi connectivity index (χ1) is 9.40. The monoisotopic (exact) mass is 281 g/mol. The Balaban J connectivity index is 2.01. The topological polar surface area (TPSA) is 89.4 Å². The first-order valence-electron chi connectivity index (χ1n) is 7.75. The van der Waals surface area contributed by atoms with Crippen LogP contribution in [0.5, 0.6) is 0 Å².